The average Bonchev–Trinajstić information content (AvgIpc) is 3.13. The maximum Gasteiger partial charge on any atom is 0.339 e. The predicted octanol–water partition coefficient (Wildman–Crippen LogP) is 4.88. The van der Waals surface area contributed by atoms with Gasteiger partial charge in [0.15, 0.2) is 0 Å². The lowest BCUT2D eigenvalue weighted by atomic mass is 9.87. The first-order valence-corrected chi connectivity index (χ1v) is 11.5. The molecule has 0 saturated heterocycles. The molecule has 0 aliphatic carbocycles. The smallest absolute Gasteiger partial charge is 0.339 e. The molecular weight excluding hydrogens is 438 g/mol. The summed E-state index contributed by atoms with van der Waals surface area (Å²) in [6.45, 7) is 7.94. The van der Waals surface area contributed by atoms with Crippen molar-refractivity contribution in [2.24, 2.45) is 0 Å². The highest BCUT2D eigenvalue weighted by atomic mass is 35.5. The Hall–Kier alpha value is -2.84. The summed E-state index contributed by atoms with van der Waals surface area (Å²) in [5, 5.41) is 14.1. The van der Waals surface area contributed by atoms with Crippen molar-refractivity contribution < 1.29 is 18.3 Å². The second-order valence-corrected chi connectivity index (χ2v) is 10.3. The van der Waals surface area contributed by atoms with Crippen LogP contribution in [0.25, 0.3) is 5.69 Å². The number of aromatic nitrogens is 2. The van der Waals surface area contributed by atoms with Gasteiger partial charge in [0.1, 0.15) is 5.56 Å². The average molecular weight is 462 g/mol. The monoisotopic (exact) mass is 461 g/mol. The van der Waals surface area contributed by atoms with Crippen LogP contribution in [0.5, 0.6) is 0 Å². The molecule has 0 atom stereocenters. The number of hydrogen-bond donors (Lipinski definition) is 2. The van der Waals surface area contributed by atoms with Crippen molar-refractivity contribution in [3.63, 3.8) is 0 Å². The fraction of sp³-hybridized carbons (Fsp3) is 0.273. The zero-order valence-electron chi connectivity index (χ0n) is 17.7. The standard InChI is InChI=1S/C22H24ClN3O4S/c1-5-18-17(21(27)28)13-26(24-18)20-12-15(23)8-11-19(20)25-31(29,30)16-9-6-14(7-10-16)22(2,3)4/h6-13,25H,5H2,1-4H3,(H,27,28). The first kappa shape index (κ1) is 22.8. The Morgan fingerprint density at radius 2 is 1.81 bits per heavy atom. The van der Waals surface area contributed by atoms with Gasteiger partial charge in [-0.05, 0) is 47.7 Å². The summed E-state index contributed by atoms with van der Waals surface area (Å²) >= 11 is 6.12. The predicted molar refractivity (Wildman–Crippen MR) is 121 cm³/mol. The van der Waals surface area contributed by atoms with Gasteiger partial charge in [-0.15, -0.1) is 0 Å². The number of halogens is 1. The molecule has 1 heterocycles. The first-order chi connectivity index (χ1) is 14.4. The van der Waals surface area contributed by atoms with E-state index in [0.29, 0.717) is 22.8 Å². The van der Waals surface area contributed by atoms with Crippen molar-refractivity contribution in [2.45, 2.75) is 44.4 Å². The van der Waals surface area contributed by atoms with Gasteiger partial charge in [-0.1, -0.05) is 51.4 Å². The molecule has 0 aliphatic heterocycles. The Balaban J connectivity index is 2.02. The molecule has 2 N–H and O–H groups in total. The van der Waals surface area contributed by atoms with Crippen LogP contribution in [0.4, 0.5) is 5.69 Å². The molecule has 1 aromatic heterocycles. The van der Waals surface area contributed by atoms with Crippen molar-refractivity contribution in [3.8, 4) is 5.69 Å². The van der Waals surface area contributed by atoms with Crippen molar-refractivity contribution in [1.29, 1.82) is 0 Å². The second-order valence-electron chi connectivity index (χ2n) is 8.13. The maximum atomic E-state index is 13.0. The highest BCUT2D eigenvalue weighted by molar-refractivity contribution is 7.92. The molecule has 0 fully saturated rings. The van der Waals surface area contributed by atoms with Crippen molar-refractivity contribution >= 4 is 33.3 Å². The van der Waals surface area contributed by atoms with E-state index >= 15 is 0 Å². The fourth-order valence-electron chi connectivity index (χ4n) is 3.09. The van der Waals surface area contributed by atoms with Crippen LogP contribution in [0.15, 0.2) is 53.6 Å². The van der Waals surface area contributed by atoms with Crippen LogP contribution >= 0.6 is 11.6 Å². The molecule has 0 aliphatic rings. The summed E-state index contributed by atoms with van der Waals surface area (Å²) in [5.41, 5.74) is 1.91. The third-order valence-corrected chi connectivity index (χ3v) is 6.45. The Morgan fingerprint density at radius 1 is 1.16 bits per heavy atom. The Bertz CT molecular complexity index is 1230. The summed E-state index contributed by atoms with van der Waals surface area (Å²) in [4.78, 5) is 11.6. The number of nitrogens with one attached hydrogen (secondary N) is 1. The van der Waals surface area contributed by atoms with Gasteiger partial charge in [0, 0.05) is 11.2 Å². The van der Waals surface area contributed by atoms with Gasteiger partial charge < -0.3 is 5.11 Å². The summed E-state index contributed by atoms with van der Waals surface area (Å²) in [6.07, 6.45) is 1.76. The van der Waals surface area contributed by atoms with Crippen LogP contribution in [0.2, 0.25) is 5.02 Å². The number of benzene rings is 2. The quantitative estimate of drug-likeness (QED) is 0.544. The zero-order chi connectivity index (χ0) is 23.0. The number of rotatable bonds is 6. The summed E-state index contributed by atoms with van der Waals surface area (Å²) in [7, 11) is -3.89. The molecule has 31 heavy (non-hydrogen) atoms. The van der Waals surface area contributed by atoms with Gasteiger partial charge in [-0.2, -0.15) is 5.10 Å². The Morgan fingerprint density at radius 3 is 2.32 bits per heavy atom. The number of aryl methyl sites for hydroxylation is 1. The van der Waals surface area contributed by atoms with Crippen molar-refractivity contribution in [1.82, 2.24) is 9.78 Å². The number of hydrogen-bond acceptors (Lipinski definition) is 4. The number of sulfonamides is 1. The van der Waals surface area contributed by atoms with E-state index in [1.54, 1.807) is 37.3 Å². The third kappa shape index (κ3) is 4.91. The normalized spacial score (nSPS) is 12.0. The Kier molecular flexibility index (Phi) is 6.16. The first-order valence-electron chi connectivity index (χ1n) is 9.67. The van der Waals surface area contributed by atoms with E-state index in [1.807, 2.05) is 0 Å². The van der Waals surface area contributed by atoms with Gasteiger partial charge in [0.2, 0.25) is 0 Å². The van der Waals surface area contributed by atoms with Gasteiger partial charge >= 0.3 is 5.97 Å². The molecule has 7 nitrogen and oxygen atoms in total. The molecule has 3 rings (SSSR count). The molecular formula is C22H24ClN3O4S. The molecule has 9 heteroatoms. The Labute approximate surface area is 186 Å². The lowest BCUT2D eigenvalue weighted by molar-refractivity contribution is 0.0695. The molecule has 164 valence electrons. The van der Waals surface area contributed by atoms with Crippen molar-refractivity contribution in [2.75, 3.05) is 4.72 Å². The largest absolute Gasteiger partial charge is 0.478 e. The number of nitrogens with zero attached hydrogens (tertiary/aromatic N) is 2. The number of aromatic carboxylic acids is 1. The van der Waals surface area contributed by atoms with E-state index in [0.717, 1.165) is 5.56 Å². The minimum absolute atomic E-state index is 0.0500. The van der Waals surface area contributed by atoms with Crippen LogP contribution in [-0.2, 0) is 21.9 Å². The van der Waals surface area contributed by atoms with Gasteiger partial charge in [-0.3, -0.25) is 4.72 Å². The SMILES string of the molecule is CCc1nn(-c2cc(Cl)ccc2NS(=O)(=O)c2ccc(C(C)(C)C)cc2)cc1C(=O)O. The lowest BCUT2D eigenvalue weighted by Gasteiger charge is -2.19. The van der Waals surface area contributed by atoms with E-state index in [1.165, 1.54) is 23.0 Å². The third-order valence-electron chi connectivity index (χ3n) is 4.84. The summed E-state index contributed by atoms with van der Waals surface area (Å²) < 4.78 is 29.9. The summed E-state index contributed by atoms with van der Waals surface area (Å²) in [6, 6.07) is 11.3. The topological polar surface area (TPSA) is 101 Å². The molecule has 0 spiro atoms. The minimum Gasteiger partial charge on any atom is -0.478 e. The summed E-state index contributed by atoms with van der Waals surface area (Å²) in [5.74, 6) is -1.11. The van der Waals surface area contributed by atoms with E-state index in [-0.39, 0.29) is 21.6 Å². The molecule has 3 aromatic rings. The lowest BCUT2D eigenvalue weighted by Crippen LogP contribution is -2.16. The van der Waals surface area contributed by atoms with E-state index < -0.39 is 16.0 Å². The number of carbonyl (C=O) groups is 1. The van der Waals surface area contributed by atoms with Crippen LogP contribution < -0.4 is 4.72 Å². The van der Waals surface area contributed by atoms with Gasteiger partial charge in [0.05, 0.1) is 22.0 Å². The minimum atomic E-state index is -3.89. The zero-order valence-corrected chi connectivity index (χ0v) is 19.3. The second kappa shape index (κ2) is 8.36. The molecule has 0 amide bonds. The van der Waals surface area contributed by atoms with E-state index in [9.17, 15) is 18.3 Å². The molecule has 0 unspecified atom stereocenters. The van der Waals surface area contributed by atoms with Gasteiger partial charge in [-0.25, -0.2) is 17.9 Å². The van der Waals surface area contributed by atoms with Crippen LogP contribution in [0.1, 0.15) is 49.3 Å². The maximum absolute atomic E-state index is 13.0. The highest BCUT2D eigenvalue weighted by Crippen LogP contribution is 2.29. The molecule has 2 aromatic carbocycles. The number of anilines is 1. The number of carboxylic acids is 1. The molecule has 0 radical (unpaired) electrons. The highest BCUT2D eigenvalue weighted by Gasteiger charge is 2.21. The molecule has 0 saturated carbocycles. The van der Waals surface area contributed by atoms with E-state index in [2.05, 4.69) is 30.6 Å². The number of carboxylic acid groups (broad SMARTS) is 1. The van der Waals surface area contributed by atoms with Crippen molar-refractivity contribution in [3.05, 3.63) is 70.5 Å². The van der Waals surface area contributed by atoms with Crippen LogP contribution in [0.3, 0.4) is 0 Å². The molecule has 0 bridgehead atoms. The fourth-order valence-corrected chi connectivity index (χ4v) is 4.33. The van der Waals surface area contributed by atoms with Crippen LogP contribution in [-0.4, -0.2) is 29.3 Å². The van der Waals surface area contributed by atoms with E-state index in [4.69, 9.17) is 11.6 Å². The van der Waals surface area contributed by atoms with Gasteiger partial charge in [0.25, 0.3) is 10.0 Å². The van der Waals surface area contributed by atoms with Crippen LogP contribution in [0, 0.1) is 0 Å².